The lowest BCUT2D eigenvalue weighted by atomic mass is 10.2. The maximum absolute atomic E-state index is 9.49. The van der Waals surface area contributed by atoms with Crippen LogP contribution in [0.4, 0.5) is 0 Å². The van der Waals surface area contributed by atoms with Crippen LogP contribution >= 0.6 is 0 Å². The first-order chi connectivity index (χ1) is 5.84. The predicted molar refractivity (Wildman–Crippen MR) is 47.7 cm³/mol. The van der Waals surface area contributed by atoms with Crippen molar-refractivity contribution in [2.24, 2.45) is 0 Å². The molecule has 2 heteroatoms. The SMILES string of the molecule is CCC=CCC(O)c1ccco1. The first kappa shape index (κ1) is 9.07. The van der Waals surface area contributed by atoms with Crippen LogP contribution in [0.15, 0.2) is 35.0 Å². The summed E-state index contributed by atoms with van der Waals surface area (Å²) < 4.78 is 5.04. The van der Waals surface area contributed by atoms with Gasteiger partial charge in [0.15, 0.2) is 0 Å². The van der Waals surface area contributed by atoms with Crippen molar-refractivity contribution >= 4 is 0 Å². The van der Waals surface area contributed by atoms with Gasteiger partial charge in [0, 0.05) is 0 Å². The van der Waals surface area contributed by atoms with E-state index in [4.69, 9.17) is 4.42 Å². The van der Waals surface area contributed by atoms with Crippen LogP contribution in [0.2, 0.25) is 0 Å². The van der Waals surface area contributed by atoms with Gasteiger partial charge in [-0.3, -0.25) is 0 Å². The molecule has 1 unspecified atom stereocenters. The molecule has 1 aromatic rings. The van der Waals surface area contributed by atoms with E-state index in [0.29, 0.717) is 12.2 Å². The standard InChI is InChI=1S/C10H14O2/c1-2-3-4-6-9(11)10-7-5-8-12-10/h3-5,7-9,11H,2,6H2,1H3. The fourth-order valence-corrected chi connectivity index (χ4v) is 0.989. The Kier molecular flexibility index (Phi) is 3.61. The van der Waals surface area contributed by atoms with Crippen LogP contribution < -0.4 is 0 Å². The molecule has 2 nitrogen and oxygen atoms in total. The molecule has 0 spiro atoms. The molecule has 1 N–H and O–H groups in total. The van der Waals surface area contributed by atoms with E-state index in [1.807, 2.05) is 12.2 Å². The number of aliphatic hydroxyl groups is 1. The summed E-state index contributed by atoms with van der Waals surface area (Å²) >= 11 is 0. The molecule has 12 heavy (non-hydrogen) atoms. The molecule has 0 radical (unpaired) electrons. The van der Waals surface area contributed by atoms with E-state index < -0.39 is 6.10 Å². The molecule has 0 bridgehead atoms. The highest BCUT2D eigenvalue weighted by Crippen LogP contribution is 2.16. The summed E-state index contributed by atoms with van der Waals surface area (Å²) in [5.41, 5.74) is 0. The lowest BCUT2D eigenvalue weighted by molar-refractivity contribution is 0.153. The monoisotopic (exact) mass is 166 g/mol. The molecule has 0 aliphatic rings. The van der Waals surface area contributed by atoms with Crippen LogP contribution in [0.5, 0.6) is 0 Å². The highest BCUT2D eigenvalue weighted by molar-refractivity contribution is 5.03. The Morgan fingerprint density at radius 1 is 1.58 bits per heavy atom. The van der Waals surface area contributed by atoms with Gasteiger partial charge in [0.25, 0.3) is 0 Å². The molecule has 1 aromatic heterocycles. The Labute approximate surface area is 72.5 Å². The fourth-order valence-electron chi connectivity index (χ4n) is 0.989. The zero-order chi connectivity index (χ0) is 8.81. The van der Waals surface area contributed by atoms with Crippen LogP contribution in [0.25, 0.3) is 0 Å². The number of allylic oxidation sites excluding steroid dienone is 1. The molecule has 1 atom stereocenters. The minimum Gasteiger partial charge on any atom is -0.467 e. The molecular weight excluding hydrogens is 152 g/mol. The Morgan fingerprint density at radius 2 is 2.42 bits per heavy atom. The molecule has 66 valence electrons. The van der Waals surface area contributed by atoms with Crippen molar-refractivity contribution in [3.63, 3.8) is 0 Å². The molecule has 0 aromatic carbocycles. The van der Waals surface area contributed by atoms with Crippen LogP contribution in [0.3, 0.4) is 0 Å². The minimum absolute atomic E-state index is 0.497. The van der Waals surface area contributed by atoms with Gasteiger partial charge in [-0.1, -0.05) is 19.1 Å². The first-order valence-electron chi connectivity index (χ1n) is 4.21. The normalized spacial score (nSPS) is 13.8. The number of aliphatic hydroxyl groups excluding tert-OH is 1. The van der Waals surface area contributed by atoms with Crippen molar-refractivity contribution in [1.29, 1.82) is 0 Å². The summed E-state index contributed by atoms with van der Waals surface area (Å²) in [5.74, 6) is 0.635. The third kappa shape index (κ3) is 2.55. The zero-order valence-electron chi connectivity index (χ0n) is 7.23. The van der Waals surface area contributed by atoms with E-state index >= 15 is 0 Å². The molecule has 0 saturated heterocycles. The van der Waals surface area contributed by atoms with Crippen LogP contribution in [0, 0.1) is 0 Å². The van der Waals surface area contributed by atoms with Gasteiger partial charge < -0.3 is 9.52 Å². The molecule has 0 aliphatic heterocycles. The average molecular weight is 166 g/mol. The molecule has 1 rings (SSSR count). The molecule has 0 amide bonds. The van der Waals surface area contributed by atoms with Crippen LogP contribution in [0.1, 0.15) is 31.6 Å². The highest BCUT2D eigenvalue weighted by atomic mass is 16.4. The van der Waals surface area contributed by atoms with Gasteiger partial charge in [0.05, 0.1) is 6.26 Å². The van der Waals surface area contributed by atoms with Crippen molar-refractivity contribution in [2.45, 2.75) is 25.9 Å². The van der Waals surface area contributed by atoms with Crippen molar-refractivity contribution in [3.05, 3.63) is 36.3 Å². The lowest BCUT2D eigenvalue weighted by Crippen LogP contribution is -1.92. The van der Waals surface area contributed by atoms with E-state index in [2.05, 4.69) is 6.92 Å². The molecule has 1 heterocycles. The third-order valence-corrected chi connectivity index (χ3v) is 1.63. The van der Waals surface area contributed by atoms with Gasteiger partial charge >= 0.3 is 0 Å². The summed E-state index contributed by atoms with van der Waals surface area (Å²) in [7, 11) is 0. The quantitative estimate of drug-likeness (QED) is 0.697. The van der Waals surface area contributed by atoms with Crippen molar-refractivity contribution < 1.29 is 9.52 Å². The second kappa shape index (κ2) is 4.78. The smallest absolute Gasteiger partial charge is 0.132 e. The fraction of sp³-hybridized carbons (Fsp3) is 0.400. The number of rotatable bonds is 4. The van der Waals surface area contributed by atoms with E-state index in [0.717, 1.165) is 6.42 Å². The summed E-state index contributed by atoms with van der Waals surface area (Å²) in [6.07, 6.45) is 6.70. The number of furan rings is 1. The van der Waals surface area contributed by atoms with Gasteiger partial charge in [0.1, 0.15) is 11.9 Å². The predicted octanol–water partition coefficient (Wildman–Crippen LogP) is 2.67. The van der Waals surface area contributed by atoms with E-state index in [9.17, 15) is 5.11 Å². The second-order valence-corrected chi connectivity index (χ2v) is 2.65. The maximum Gasteiger partial charge on any atom is 0.132 e. The zero-order valence-corrected chi connectivity index (χ0v) is 7.23. The van der Waals surface area contributed by atoms with Crippen LogP contribution in [-0.2, 0) is 0 Å². The Morgan fingerprint density at radius 3 is 3.00 bits per heavy atom. The third-order valence-electron chi connectivity index (χ3n) is 1.63. The van der Waals surface area contributed by atoms with Gasteiger partial charge in [0.2, 0.25) is 0 Å². The Balaban J connectivity index is 2.39. The number of hydrogen-bond donors (Lipinski definition) is 1. The summed E-state index contributed by atoms with van der Waals surface area (Å²) in [6.45, 7) is 2.07. The summed E-state index contributed by atoms with van der Waals surface area (Å²) in [6, 6.07) is 3.56. The summed E-state index contributed by atoms with van der Waals surface area (Å²) in [4.78, 5) is 0. The van der Waals surface area contributed by atoms with Crippen LogP contribution in [-0.4, -0.2) is 5.11 Å². The molecule has 0 aliphatic carbocycles. The Bertz CT molecular complexity index is 224. The molecular formula is C10H14O2. The van der Waals surface area contributed by atoms with Gasteiger partial charge in [-0.25, -0.2) is 0 Å². The topological polar surface area (TPSA) is 33.4 Å². The Hall–Kier alpha value is -1.02. The van der Waals surface area contributed by atoms with Gasteiger partial charge in [-0.05, 0) is 25.0 Å². The molecule has 0 fully saturated rings. The molecule has 0 saturated carbocycles. The van der Waals surface area contributed by atoms with Crippen molar-refractivity contribution in [1.82, 2.24) is 0 Å². The van der Waals surface area contributed by atoms with E-state index in [1.54, 1.807) is 18.4 Å². The second-order valence-electron chi connectivity index (χ2n) is 2.65. The average Bonchev–Trinajstić information content (AvgIpc) is 2.56. The van der Waals surface area contributed by atoms with E-state index in [-0.39, 0.29) is 0 Å². The van der Waals surface area contributed by atoms with Gasteiger partial charge in [-0.2, -0.15) is 0 Å². The van der Waals surface area contributed by atoms with Crippen molar-refractivity contribution in [2.75, 3.05) is 0 Å². The summed E-state index contributed by atoms with van der Waals surface area (Å²) in [5, 5.41) is 9.49. The van der Waals surface area contributed by atoms with Crippen molar-refractivity contribution in [3.8, 4) is 0 Å². The van der Waals surface area contributed by atoms with Gasteiger partial charge in [-0.15, -0.1) is 0 Å². The first-order valence-corrected chi connectivity index (χ1v) is 4.21. The maximum atomic E-state index is 9.49. The highest BCUT2D eigenvalue weighted by Gasteiger charge is 2.06. The minimum atomic E-state index is -0.497. The van der Waals surface area contributed by atoms with E-state index in [1.165, 1.54) is 0 Å². The largest absolute Gasteiger partial charge is 0.467 e. The lowest BCUT2D eigenvalue weighted by Gasteiger charge is -2.02. The number of hydrogen-bond acceptors (Lipinski definition) is 2.